The van der Waals surface area contributed by atoms with Crippen LogP contribution in [0.1, 0.15) is 47.5 Å². The molecule has 0 aliphatic heterocycles. The van der Waals surface area contributed by atoms with Crippen molar-refractivity contribution in [2.75, 3.05) is 7.11 Å². The summed E-state index contributed by atoms with van der Waals surface area (Å²) >= 11 is 3.21. The largest absolute Gasteiger partial charge is 0.467 e. The lowest BCUT2D eigenvalue weighted by molar-refractivity contribution is -0.143. The normalized spacial score (nSPS) is 13.6. The summed E-state index contributed by atoms with van der Waals surface area (Å²) in [6, 6.07) is 15.2. The number of hydrogen-bond donors (Lipinski definition) is 2. The van der Waals surface area contributed by atoms with Crippen molar-refractivity contribution in [2.24, 2.45) is 0 Å². The van der Waals surface area contributed by atoms with E-state index in [1.807, 2.05) is 52.9 Å². The standard InChI is InChI=1S/C26H31N3O4S2/c1-3-4-14-26(19-30,29(17-21-12-8-15-34-21)18-22-13-9-16-35-22)28-25(32)27-23(24(31)33-2)20-10-6-5-7-11-20/h5-13,15-16,19,23H,3-4,14,17-18H2,1-2H3,(H2,27,28,32)/t23-,26+/m1/s1. The second-order valence-corrected chi connectivity index (χ2v) is 10.2. The van der Waals surface area contributed by atoms with Crippen LogP contribution in [0.3, 0.4) is 0 Å². The highest BCUT2D eigenvalue weighted by Gasteiger charge is 2.39. The van der Waals surface area contributed by atoms with Crippen LogP contribution in [0.25, 0.3) is 0 Å². The number of benzene rings is 1. The first-order chi connectivity index (χ1) is 17.0. The van der Waals surface area contributed by atoms with Gasteiger partial charge in [-0.15, -0.1) is 22.7 Å². The number of esters is 1. The number of nitrogens with one attached hydrogen (secondary N) is 2. The van der Waals surface area contributed by atoms with Gasteiger partial charge in [0.2, 0.25) is 0 Å². The fourth-order valence-corrected chi connectivity index (χ4v) is 5.27. The number of ether oxygens (including phenoxy) is 1. The third-order valence-electron chi connectivity index (χ3n) is 5.70. The van der Waals surface area contributed by atoms with Crippen LogP contribution in [0.4, 0.5) is 4.79 Å². The molecule has 0 saturated heterocycles. The molecule has 3 aromatic rings. The molecule has 2 N–H and O–H groups in total. The van der Waals surface area contributed by atoms with Crippen LogP contribution in [0.2, 0.25) is 0 Å². The Morgan fingerprint density at radius 3 is 2.14 bits per heavy atom. The van der Waals surface area contributed by atoms with E-state index >= 15 is 0 Å². The molecule has 0 bridgehead atoms. The first kappa shape index (κ1) is 26.6. The summed E-state index contributed by atoms with van der Waals surface area (Å²) in [5.74, 6) is -0.592. The molecule has 2 amide bonds. The zero-order valence-corrected chi connectivity index (χ0v) is 21.6. The summed E-state index contributed by atoms with van der Waals surface area (Å²) in [5, 5.41) is 9.63. The second kappa shape index (κ2) is 13.2. The maximum atomic E-state index is 13.3. The maximum absolute atomic E-state index is 13.3. The predicted octanol–water partition coefficient (Wildman–Crippen LogP) is 5.11. The summed E-state index contributed by atoms with van der Waals surface area (Å²) in [6.07, 6.45) is 2.85. The number of aldehydes is 1. The van der Waals surface area contributed by atoms with E-state index in [2.05, 4.69) is 10.6 Å². The van der Waals surface area contributed by atoms with Crippen LogP contribution in [0, 0.1) is 0 Å². The summed E-state index contributed by atoms with van der Waals surface area (Å²) in [7, 11) is 1.28. The van der Waals surface area contributed by atoms with Crippen molar-refractivity contribution in [3.05, 3.63) is 80.7 Å². The highest BCUT2D eigenvalue weighted by molar-refractivity contribution is 7.10. The molecular formula is C26H31N3O4S2. The number of carbonyl (C=O) groups is 3. The number of unbranched alkanes of at least 4 members (excludes halogenated alkanes) is 1. The van der Waals surface area contributed by atoms with E-state index in [4.69, 9.17) is 4.74 Å². The van der Waals surface area contributed by atoms with Gasteiger partial charge < -0.3 is 15.4 Å². The van der Waals surface area contributed by atoms with Gasteiger partial charge in [-0.2, -0.15) is 0 Å². The van der Waals surface area contributed by atoms with Crippen molar-refractivity contribution in [1.29, 1.82) is 0 Å². The number of methoxy groups -OCH3 is 1. The first-order valence-corrected chi connectivity index (χ1v) is 13.2. The number of urea groups is 1. The molecule has 2 heterocycles. The van der Waals surface area contributed by atoms with Crippen LogP contribution in [-0.4, -0.2) is 36.0 Å². The molecule has 0 spiro atoms. The predicted molar refractivity (Wildman–Crippen MR) is 139 cm³/mol. The van der Waals surface area contributed by atoms with Gasteiger partial charge in [-0.1, -0.05) is 55.8 Å². The Labute approximate surface area is 214 Å². The Hall–Kier alpha value is -3.01. The average Bonchev–Trinajstić information content (AvgIpc) is 3.59. The van der Waals surface area contributed by atoms with Crippen LogP contribution < -0.4 is 10.6 Å². The molecule has 0 fully saturated rings. The smallest absolute Gasteiger partial charge is 0.333 e. The Morgan fingerprint density at radius 1 is 1.03 bits per heavy atom. The van der Waals surface area contributed by atoms with E-state index in [-0.39, 0.29) is 0 Å². The summed E-state index contributed by atoms with van der Waals surface area (Å²) in [6.45, 7) is 3.04. The Morgan fingerprint density at radius 2 is 1.66 bits per heavy atom. The van der Waals surface area contributed by atoms with Gasteiger partial charge in [0.25, 0.3) is 0 Å². The van der Waals surface area contributed by atoms with Crippen molar-refractivity contribution in [3.8, 4) is 0 Å². The third kappa shape index (κ3) is 7.24. The van der Waals surface area contributed by atoms with E-state index in [0.29, 0.717) is 25.1 Å². The first-order valence-electron chi connectivity index (χ1n) is 11.5. The van der Waals surface area contributed by atoms with Gasteiger partial charge in [0, 0.05) is 22.8 Å². The second-order valence-electron chi connectivity index (χ2n) is 8.13. The van der Waals surface area contributed by atoms with Gasteiger partial charge in [0.1, 0.15) is 0 Å². The molecular weight excluding hydrogens is 482 g/mol. The molecule has 7 nitrogen and oxygen atoms in total. The summed E-state index contributed by atoms with van der Waals surface area (Å²) in [4.78, 5) is 42.7. The van der Waals surface area contributed by atoms with E-state index in [1.54, 1.807) is 46.9 Å². The third-order valence-corrected chi connectivity index (χ3v) is 7.42. The molecule has 2 atom stereocenters. The minimum absolute atomic E-state index is 0.436. The lowest BCUT2D eigenvalue weighted by Crippen LogP contribution is -2.63. The Balaban J connectivity index is 1.90. The topological polar surface area (TPSA) is 87.7 Å². The Kier molecular flexibility index (Phi) is 10.0. The highest BCUT2D eigenvalue weighted by Crippen LogP contribution is 2.27. The summed E-state index contributed by atoms with van der Waals surface area (Å²) < 4.78 is 4.92. The van der Waals surface area contributed by atoms with Crippen LogP contribution in [0.5, 0.6) is 0 Å². The van der Waals surface area contributed by atoms with E-state index in [1.165, 1.54) is 7.11 Å². The summed E-state index contributed by atoms with van der Waals surface area (Å²) in [5.41, 5.74) is -0.667. The average molecular weight is 514 g/mol. The molecule has 1 aromatic carbocycles. The van der Waals surface area contributed by atoms with Gasteiger partial charge in [0.15, 0.2) is 18.0 Å². The molecule has 2 aromatic heterocycles. The van der Waals surface area contributed by atoms with Crippen molar-refractivity contribution in [2.45, 2.75) is 51.0 Å². The maximum Gasteiger partial charge on any atom is 0.333 e. The number of rotatable bonds is 13. The highest BCUT2D eigenvalue weighted by atomic mass is 32.1. The monoisotopic (exact) mass is 513 g/mol. The van der Waals surface area contributed by atoms with Gasteiger partial charge in [0.05, 0.1) is 7.11 Å². The van der Waals surface area contributed by atoms with Crippen LogP contribution >= 0.6 is 22.7 Å². The fourth-order valence-electron chi connectivity index (χ4n) is 3.83. The van der Waals surface area contributed by atoms with Crippen LogP contribution in [-0.2, 0) is 27.4 Å². The molecule has 3 rings (SSSR count). The number of nitrogens with zero attached hydrogens (tertiary/aromatic N) is 1. The lowest BCUT2D eigenvalue weighted by atomic mass is 10.0. The fraction of sp³-hybridized carbons (Fsp3) is 0.346. The van der Waals surface area contributed by atoms with Gasteiger partial charge >= 0.3 is 12.0 Å². The van der Waals surface area contributed by atoms with E-state index in [9.17, 15) is 14.4 Å². The number of amides is 2. The molecule has 35 heavy (non-hydrogen) atoms. The molecule has 0 aliphatic rings. The zero-order chi connectivity index (χ0) is 25.1. The minimum Gasteiger partial charge on any atom is -0.467 e. The van der Waals surface area contributed by atoms with Crippen molar-refractivity contribution in [1.82, 2.24) is 15.5 Å². The van der Waals surface area contributed by atoms with E-state index in [0.717, 1.165) is 28.9 Å². The zero-order valence-electron chi connectivity index (χ0n) is 19.9. The molecule has 186 valence electrons. The van der Waals surface area contributed by atoms with Crippen molar-refractivity contribution in [3.63, 3.8) is 0 Å². The number of carbonyl (C=O) groups excluding carboxylic acids is 3. The van der Waals surface area contributed by atoms with Crippen molar-refractivity contribution < 1.29 is 19.1 Å². The Bertz CT molecular complexity index is 1020. The molecule has 0 saturated carbocycles. The SMILES string of the molecule is CCCC[C@](C=O)(NC(=O)N[C@@H](C(=O)OC)c1ccccc1)N(Cc1cccs1)Cc1cccs1. The van der Waals surface area contributed by atoms with Gasteiger partial charge in [-0.25, -0.2) is 9.59 Å². The quantitative estimate of drug-likeness (QED) is 0.188. The minimum atomic E-state index is -1.26. The number of thiophene rings is 2. The van der Waals surface area contributed by atoms with Gasteiger partial charge in [-0.3, -0.25) is 9.69 Å². The molecule has 0 unspecified atom stereocenters. The molecule has 0 radical (unpaired) electrons. The van der Waals surface area contributed by atoms with Gasteiger partial charge in [-0.05, 0) is 41.3 Å². The van der Waals surface area contributed by atoms with E-state index < -0.39 is 23.7 Å². The molecule has 0 aliphatic carbocycles. The van der Waals surface area contributed by atoms with Crippen LogP contribution in [0.15, 0.2) is 65.4 Å². The number of hydrogen-bond acceptors (Lipinski definition) is 7. The lowest BCUT2D eigenvalue weighted by Gasteiger charge is -2.40. The van der Waals surface area contributed by atoms with Crippen molar-refractivity contribution >= 4 is 41.0 Å². The molecule has 9 heteroatoms.